The van der Waals surface area contributed by atoms with Crippen molar-refractivity contribution in [1.82, 2.24) is 0 Å². The van der Waals surface area contributed by atoms with Crippen LogP contribution in [0.5, 0.6) is 0 Å². The first-order valence-electron chi connectivity index (χ1n) is 24.6. The lowest BCUT2D eigenvalue weighted by atomic mass is 9.70. The maximum Gasteiger partial charge on any atom is 0.0727 e. The second-order valence-electron chi connectivity index (χ2n) is 18.8. The van der Waals surface area contributed by atoms with Crippen LogP contribution in [0.1, 0.15) is 22.3 Å². The Morgan fingerprint density at radius 2 is 0.746 bits per heavy atom. The molecule has 1 unspecified atom stereocenters. The highest BCUT2D eigenvalue weighted by Gasteiger charge is 2.52. The van der Waals surface area contributed by atoms with Gasteiger partial charge in [-0.15, -0.1) is 0 Å². The fourth-order valence-corrected chi connectivity index (χ4v) is 12.0. The van der Waals surface area contributed by atoms with Gasteiger partial charge in [-0.2, -0.15) is 0 Å². The third-order valence-corrected chi connectivity index (χ3v) is 15.0. The molecule has 2 heteroatoms. The van der Waals surface area contributed by atoms with Gasteiger partial charge in [0.15, 0.2) is 0 Å². The molecule has 0 saturated carbocycles. The lowest BCUT2D eigenvalue weighted by molar-refractivity contribution is 0.793. The van der Waals surface area contributed by atoms with E-state index in [-0.39, 0.29) is 0 Å². The third kappa shape index (κ3) is 6.35. The van der Waals surface area contributed by atoms with Crippen molar-refractivity contribution < 1.29 is 0 Å². The standard InChI is InChI=1S/C69H46N2/c1-4-20-47(21-5-1)49-23-18-28-54(44-49)71(52-26-8-3-9-27-52)67-37-19-36-65-68(67)61-33-15-17-35-64(61)69(65)63-34-16-14-32-59(63)60-43-42-55(46-66(60)69)70(51-24-6-2-7-25-51)53-40-38-48(39-41-53)62-45-50-22-10-11-29-56(50)57-30-12-13-31-58(57)62/h1-46H. The first-order chi connectivity index (χ1) is 35.2. The molecule has 0 aromatic heterocycles. The van der Waals surface area contributed by atoms with Crippen LogP contribution in [0.25, 0.3) is 66.1 Å². The van der Waals surface area contributed by atoms with Crippen LogP contribution < -0.4 is 9.80 Å². The van der Waals surface area contributed by atoms with Crippen LogP contribution in [0.2, 0.25) is 0 Å². The SMILES string of the molecule is c1ccc(-c2cccc(N(c3ccccc3)c3cccc4c3-c3ccccc3C43c4ccccc4-c4ccc(N(c5ccccc5)c5ccc(-c6cc7ccccc7c7ccccc67)cc5)cc43)c2)cc1. The Morgan fingerprint density at radius 3 is 1.51 bits per heavy atom. The molecule has 0 fully saturated rings. The van der Waals surface area contributed by atoms with E-state index in [1.807, 2.05) is 0 Å². The minimum Gasteiger partial charge on any atom is -0.310 e. The van der Waals surface area contributed by atoms with Gasteiger partial charge in [-0.1, -0.05) is 206 Å². The van der Waals surface area contributed by atoms with E-state index in [2.05, 4.69) is 289 Å². The van der Waals surface area contributed by atoms with E-state index in [4.69, 9.17) is 0 Å². The fraction of sp³-hybridized carbons (Fsp3) is 0.0145. The second-order valence-corrected chi connectivity index (χ2v) is 18.8. The Labute approximate surface area is 414 Å². The van der Waals surface area contributed by atoms with E-state index in [0.717, 1.165) is 34.1 Å². The zero-order valence-corrected chi connectivity index (χ0v) is 39.0. The Morgan fingerprint density at radius 1 is 0.239 bits per heavy atom. The van der Waals surface area contributed by atoms with Crippen LogP contribution in [0.3, 0.4) is 0 Å². The predicted octanol–water partition coefficient (Wildman–Crippen LogP) is 18.6. The Kier molecular flexibility index (Phi) is 9.47. The zero-order chi connectivity index (χ0) is 46.9. The first kappa shape index (κ1) is 40.8. The van der Waals surface area contributed by atoms with E-state index < -0.39 is 5.41 Å². The molecule has 2 nitrogen and oxygen atoms in total. The molecule has 71 heavy (non-hydrogen) atoms. The molecule has 14 rings (SSSR count). The largest absolute Gasteiger partial charge is 0.310 e. The average Bonchev–Trinajstić information content (AvgIpc) is 3.93. The molecule has 12 aromatic rings. The Bertz CT molecular complexity index is 3990. The van der Waals surface area contributed by atoms with Crippen molar-refractivity contribution in [2.24, 2.45) is 0 Å². The normalized spacial score (nSPS) is 14.0. The quantitative estimate of drug-likeness (QED) is 0.140. The number of rotatable bonds is 8. The smallest absolute Gasteiger partial charge is 0.0727 e. The van der Waals surface area contributed by atoms with Gasteiger partial charge in [0.2, 0.25) is 0 Å². The summed E-state index contributed by atoms with van der Waals surface area (Å²) in [6.45, 7) is 0. The van der Waals surface area contributed by atoms with Gasteiger partial charge in [0, 0.05) is 34.0 Å². The highest BCUT2D eigenvalue weighted by atomic mass is 15.1. The van der Waals surface area contributed by atoms with Crippen molar-refractivity contribution in [2.75, 3.05) is 9.80 Å². The number of hydrogen-bond acceptors (Lipinski definition) is 2. The molecule has 0 heterocycles. The lowest BCUT2D eigenvalue weighted by Gasteiger charge is -2.33. The van der Waals surface area contributed by atoms with Crippen molar-refractivity contribution in [2.45, 2.75) is 5.41 Å². The molecule has 12 aromatic carbocycles. The Balaban J connectivity index is 0.962. The number of benzene rings is 12. The minimum absolute atomic E-state index is 0.582. The monoisotopic (exact) mass is 902 g/mol. The van der Waals surface area contributed by atoms with E-state index in [1.54, 1.807) is 0 Å². The van der Waals surface area contributed by atoms with Crippen molar-refractivity contribution in [3.63, 3.8) is 0 Å². The van der Waals surface area contributed by atoms with Gasteiger partial charge < -0.3 is 9.80 Å². The van der Waals surface area contributed by atoms with Crippen molar-refractivity contribution in [3.05, 3.63) is 301 Å². The van der Waals surface area contributed by atoms with Crippen molar-refractivity contribution >= 4 is 55.7 Å². The summed E-state index contributed by atoms with van der Waals surface area (Å²) in [6.07, 6.45) is 0. The van der Waals surface area contributed by atoms with Crippen molar-refractivity contribution in [1.29, 1.82) is 0 Å². The number of hydrogen-bond donors (Lipinski definition) is 0. The van der Waals surface area contributed by atoms with Crippen LogP contribution in [0.15, 0.2) is 279 Å². The molecule has 0 bridgehead atoms. The lowest BCUT2D eigenvalue weighted by Crippen LogP contribution is -2.26. The van der Waals surface area contributed by atoms with Gasteiger partial charge >= 0.3 is 0 Å². The van der Waals surface area contributed by atoms with Gasteiger partial charge in [-0.05, 0) is 156 Å². The van der Waals surface area contributed by atoms with E-state index in [1.165, 1.54) is 88.3 Å². The summed E-state index contributed by atoms with van der Waals surface area (Å²) >= 11 is 0. The van der Waals surface area contributed by atoms with E-state index >= 15 is 0 Å². The number of anilines is 6. The molecule has 1 spiro atoms. The molecule has 0 saturated heterocycles. The van der Waals surface area contributed by atoms with Gasteiger partial charge in [0.25, 0.3) is 0 Å². The van der Waals surface area contributed by atoms with Gasteiger partial charge in [0.1, 0.15) is 0 Å². The van der Waals surface area contributed by atoms with E-state index in [0.29, 0.717) is 0 Å². The summed E-state index contributed by atoms with van der Waals surface area (Å²) in [6, 6.07) is 103. The molecular formula is C69H46N2. The molecule has 332 valence electrons. The molecule has 0 radical (unpaired) electrons. The fourth-order valence-electron chi connectivity index (χ4n) is 12.0. The second kappa shape index (κ2) is 16.5. The predicted molar refractivity (Wildman–Crippen MR) is 298 cm³/mol. The van der Waals surface area contributed by atoms with E-state index in [9.17, 15) is 0 Å². The van der Waals surface area contributed by atoms with Crippen LogP contribution in [0, 0.1) is 0 Å². The topological polar surface area (TPSA) is 6.48 Å². The van der Waals surface area contributed by atoms with Gasteiger partial charge in [-0.3, -0.25) is 0 Å². The molecular weight excluding hydrogens is 857 g/mol. The molecule has 1 atom stereocenters. The van der Waals surface area contributed by atoms with Crippen LogP contribution >= 0.6 is 0 Å². The maximum absolute atomic E-state index is 2.49. The van der Waals surface area contributed by atoms with Gasteiger partial charge in [0.05, 0.1) is 11.1 Å². The summed E-state index contributed by atoms with van der Waals surface area (Å²) < 4.78 is 0. The number of fused-ring (bicyclic) bond motifs is 13. The number of nitrogens with zero attached hydrogens (tertiary/aromatic N) is 2. The summed E-state index contributed by atoms with van der Waals surface area (Å²) in [7, 11) is 0. The average molecular weight is 903 g/mol. The molecule has 0 aliphatic heterocycles. The third-order valence-electron chi connectivity index (χ3n) is 15.0. The minimum atomic E-state index is -0.582. The summed E-state index contributed by atoms with van der Waals surface area (Å²) in [5.74, 6) is 0. The van der Waals surface area contributed by atoms with Crippen LogP contribution in [-0.2, 0) is 5.41 Å². The molecule has 2 aliphatic rings. The summed E-state index contributed by atoms with van der Waals surface area (Å²) in [4.78, 5) is 4.88. The summed E-state index contributed by atoms with van der Waals surface area (Å²) in [5.41, 5.74) is 21.1. The van der Waals surface area contributed by atoms with Gasteiger partial charge in [-0.25, -0.2) is 0 Å². The molecule has 0 N–H and O–H groups in total. The first-order valence-corrected chi connectivity index (χ1v) is 24.6. The molecule has 2 aliphatic carbocycles. The molecule has 0 amide bonds. The zero-order valence-electron chi connectivity index (χ0n) is 39.0. The van der Waals surface area contributed by atoms with Crippen LogP contribution in [0.4, 0.5) is 34.1 Å². The number of para-hydroxylation sites is 2. The Hall–Kier alpha value is -9.24. The highest BCUT2D eigenvalue weighted by molar-refractivity contribution is 6.14. The maximum atomic E-state index is 2.49. The highest BCUT2D eigenvalue weighted by Crippen LogP contribution is 2.65. The summed E-state index contributed by atoms with van der Waals surface area (Å²) in [5, 5.41) is 5.06. The van der Waals surface area contributed by atoms with Crippen molar-refractivity contribution in [3.8, 4) is 44.5 Å². The van der Waals surface area contributed by atoms with Crippen LogP contribution in [-0.4, -0.2) is 0 Å².